The highest BCUT2D eigenvalue weighted by Gasteiger charge is 2.27. The van der Waals surface area contributed by atoms with Crippen molar-refractivity contribution in [1.29, 1.82) is 0 Å². The first-order valence-corrected chi connectivity index (χ1v) is 6.66. The lowest BCUT2D eigenvalue weighted by Crippen LogP contribution is -2.30. The van der Waals surface area contributed by atoms with Crippen LogP contribution < -0.4 is 5.32 Å². The van der Waals surface area contributed by atoms with Gasteiger partial charge in [0.05, 0.1) is 10.5 Å². The number of nitrogens with zero attached hydrogens (tertiary/aromatic N) is 2. The molecule has 18 heavy (non-hydrogen) atoms. The first-order chi connectivity index (χ1) is 8.61. The number of thiophene rings is 1. The van der Waals surface area contributed by atoms with Crippen LogP contribution in [0.15, 0.2) is 11.4 Å². The van der Waals surface area contributed by atoms with Gasteiger partial charge in [0.25, 0.3) is 5.91 Å². The van der Waals surface area contributed by atoms with Gasteiger partial charge in [-0.1, -0.05) is 11.3 Å². The predicted octanol–water partition coefficient (Wildman–Crippen LogP) is 1.34. The zero-order valence-corrected chi connectivity index (χ0v) is 10.9. The van der Waals surface area contributed by atoms with E-state index in [4.69, 9.17) is 0 Å². The first-order valence-electron chi connectivity index (χ1n) is 5.78. The number of hydrogen-bond donors (Lipinski definition) is 1. The molecule has 0 aromatic carbocycles. The average molecular weight is 269 g/mol. The van der Waals surface area contributed by atoms with Crippen LogP contribution in [0.1, 0.15) is 16.8 Å². The van der Waals surface area contributed by atoms with Gasteiger partial charge in [-0.2, -0.15) is 0 Å². The summed E-state index contributed by atoms with van der Waals surface area (Å²) < 4.78 is 0. The maximum Gasteiger partial charge on any atom is 0.324 e. The third kappa shape index (κ3) is 2.68. The maximum atomic E-state index is 12.1. The van der Waals surface area contributed by atoms with E-state index in [9.17, 15) is 14.9 Å². The molecule has 0 bridgehead atoms. The SMILES string of the molecule is CNCC1CCN(C(=O)c2csc([N+](=O)[O-])c2)C1. The van der Waals surface area contributed by atoms with E-state index in [0.29, 0.717) is 11.5 Å². The minimum atomic E-state index is -0.463. The minimum Gasteiger partial charge on any atom is -0.338 e. The van der Waals surface area contributed by atoms with E-state index >= 15 is 0 Å². The van der Waals surface area contributed by atoms with Crippen LogP contribution in [-0.4, -0.2) is 42.4 Å². The van der Waals surface area contributed by atoms with E-state index in [2.05, 4.69) is 5.32 Å². The number of nitro groups is 1. The Morgan fingerprint density at radius 3 is 3.11 bits per heavy atom. The average Bonchev–Trinajstić information content (AvgIpc) is 2.97. The summed E-state index contributed by atoms with van der Waals surface area (Å²) in [7, 11) is 1.90. The quantitative estimate of drug-likeness (QED) is 0.661. The van der Waals surface area contributed by atoms with Crippen molar-refractivity contribution in [1.82, 2.24) is 10.2 Å². The molecule has 1 aliphatic rings. The van der Waals surface area contributed by atoms with Crippen molar-refractivity contribution in [2.45, 2.75) is 6.42 Å². The van der Waals surface area contributed by atoms with E-state index in [0.717, 1.165) is 37.4 Å². The van der Waals surface area contributed by atoms with Crippen molar-refractivity contribution in [3.8, 4) is 0 Å². The molecule has 7 heteroatoms. The molecule has 1 N–H and O–H groups in total. The lowest BCUT2D eigenvalue weighted by atomic mass is 10.1. The largest absolute Gasteiger partial charge is 0.338 e. The van der Waals surface area contributed by atoms with Crippen molar-refractivity contribution in [2.24, 2.45) is 5.92 Å². The Hall–Kier alpha value is -1.47. The third-order valence-corrected chi connectivity index (χ3v) is 3.96. The van der Waals surface area contributed by atoms with Gasteiger partial charge in [-0.15, -0.1) is 0 Å². The van der Waals surface area contributed by atoms with Gasteiger partial charge in [0, 0.05) is 24.5 Å². The zero-order chi connectivity index (χ0) is 13.1. The van der Waals surface area contributed by atoms with Crippen LogP contribution in [0.2, 0.25) is 0 Å². The molecule has 1 fully saturated rings. The highest BCUT2D eigenvalue weighted by Crippen LogP contribution is 2.25. The van der Waals surface area contributed by atoms with Crippen LogP contribution in [0.3, 0.4) is 0 Å². The van der Waals surface area contributed by atoms with Crippen molar-refractivity contribution in [2.75, 3.05) is 26.7 Å². The number of rotatable bonds is 4. The fraction of sp³-hybridized carbons (Fsp3) is 0.545. The Balaban J connectivity index is 2.01. The molecule has 0 aliphatic carbocycles. The lowest BCUT2D eigenvalue weighted by molar-refractivity contribution is -0.380. The van der Waals surface area contributed by atoms with E-state index in [1.165, 1.54) is 6.07 Å². The van der Waals surface area contributed by atoms with Crippen LogP contribution in [0, 0.1) is 16.0 Å². The Bertz CT molecular complexity index is 460. The number of carbonyl (C=O) groups is 1. The Labute approximate surface area is 109 Å². The molecule has 98 valence electrons. The molecular weight excluding hydrogens is 254 g/mol. The summed E-state index contributed by atoms with van der Waals surface area (Å²) in [5, 5.41) is 15.3. The molecule has 1 unspecified atom stereocenters. The molecule has 1 atom stereocenters. The topological polar surface area (TPSA) is 75.5 Å². The van der Waals surface area contributed by atoms with E-state index < -0.39 is 4.92 Å². The number of amides is 1. The number of carbonyl (C=O) groups excluding carboxylic acids is 1. The standard InChI is InChI=1S/C11H15N3O3S/c1-12-5-8-2-3-13(6-8)11(15)9-4-10(14(16)17)18-7-9/h4,7-8,12H,2-3,5-6H2,1H3. The summed E-state index contributed by atoms with van der Waals surface area (Å²) in [6, 6.07) is 1.36. The lowest BCUT2D eigenvalue weighted by Gasteiger charge is -2.15. The summed E-state index contributed by atoms with van der Waals surface area (Å²) in [5.74, 6) is 0.380. The molecule has 2 rings (SSSR count). The van der Waals surface area contributed by atoms with Crippen molar-refractivity contribution >= 4 is 22.2 Å². The van der Waals surface area contributed by atoms with Crippen LogP contribution in [0.5, 0.6) is 0 Å². The molecule has 2 heterocycles. The second-order valence-corrected chi connectivity index (χ2v) is 5.28. The fourth-order valence-electron chi connectivity index (χ4n) is 2.19. The molecule has 0 radical (unpaired) electrons. The van der Waals surface area contributed by atoms with Crippen LogP contribution in [0.25, 0.3) is 0 Å². The Kier molecular flexibility index (Phi) is 3.93. The van der Waals surface area contributed by atoms with Gasteiger partial charge in [-0.25, -0.2) is 0 Å². The highest BCUT2D eigenvalue weighted by atomic mass is 32.1. The number of nitrogens with one attached hydrogen (secondary N) is 1. The summed E-state index contributed by atoms with van der Waals surface area (Å²) >= 11 is 0.997. The van der Waals surface area contributed by atoms with Gasteiger partial charge in [0.2, 0.25) is 0 Å². The third-order valence-electron chi connectivity index (χ3n) is 3.08. The van der Waals surface area contributed by atoms with Crippen LogP contribution >= 0.6 is 11.3 Å². The molecule has 1 aromatic rings. The zero-order valence-electron chi connectivity index (χ0n) is 10.1. The molecule has 1 aliphatic heterocycles. The van der Waals surface area contributed by atoms with Gasteiger partial charge in [0.15, 0.2) is 0 Å². The molecule has 6 nitrogen and oxygen atoms in total. The Morgan fingerprint density at radius 1 is 1.72 bits per heavy atom. The van der Waals surface area contributed by atoms with Gasteiger partial charge in [-0.05, 0) is 25.9 Å². The number of hydrogen-bond acceptors (Lipinski definition) is 5. The molecule has 1 amide bonds. The summed E-state index contributed by atoms with van der Waals surface area (Å²) in [6.45, 7) is 2.35. The van der Waals surface area contributed by atoms with Crippen molar-refractivity contribution in [3.63, 3.8) is 0 Å². The summed E-state index contributed by atoms with van der Waals surface area (Å²) in [5.41, 5.74) is 0.428. The second kappa shape index (κ2) is 5.45. The molecular formula is C11H15N3O3S. The van der Waals surface area contributed by atoms with Crippen molar-refractivity contribution in [3.05, 3.63) is 27.1 Å². The Morgan fingerprint density at radius 2 is 2.50 bits per heavy atom. The van der Waals surface area contributed by atoms with E-state index in [-0.39, 0.29) is 10.9 Å². The van der Waals surface area contributed by atoms with Crippen molar-refractivity contribution < 1.29 is 9.72 Å². The monoisotopic (exact) mass is 269 g/mol. The van der Waals surface area contributed by atoms with Crippen LogP contribution in [-0.2, 0) is 0 Å². The smallest absolute Gasteiger partial charge is 0.324 e. The van der Waals surface area contributed by atoms with E-state index in [1.807, 2.05) is 7.05 Å². The fourth-order valence-corrected chi connectivity index (χ4v) is 2.89. The maximum absolute atomic E-state index is 12.1. The first kappa shape index (κ1) is 13.0. The minimum absolute atomic E-state index is 0.0179. The van der Waals surface area contributed by atoms with Gasteiger partial charge in [0.1, 0.15) is 0 Å². The predicted molar refractivity (Wildman–Crippen MR) is 68.9 cm³/mol. The molecule has 1 saturated heterocycles. The normalized spacial score (nSPS) is 19.2. The van der Waals surface area contributed by atoms with Gasteiger partial charge < -0.3 is 10.2 Å². The number of likely N-dealkylation sites (tertiary alicyclic amines) is 1. The molecule has 0 saturated carbocycles. The highest BCUT2D eigenvalue weighted by molar-refractivity contribution is 7.13. The molecule has 1 aromatic heterocycles. The second-order valence-electron chi connectivity index (χ2n) is 4.39. The van der Waals surface area contributed by atoms with Crippen LogP contribution in [0.4, 0.5) is 5.00 Å². The van der Waals surface area contributed by atoms with Gasteiger partial charge >= 0.3 is 5.00 Å². The summed E-state index contributed by atoms with van der Waals surface area (Å²) in [6.07, 6.45) is 0.985. The van der Waals surface area contributed by atoms with E-state index in [1.54, 1.807) is 10.3 Å². The van der Waals surface area contributed by atoms with Gasteiger partial charge in [-0.3, -0.25) is 14.9 Å². The summed E-state index contributed by atoms with van der Waals surface area (Å²) in [4.78, 5) is 24.0. The molecule has 0 spiro atoms.